The molecule has 4 amide bonds. The first-order valence-corrected chi connectivity index (χ1v) is 8.99. The summed E-state index contributed by atoms with van der Waals surface area (Å²) in [6, 6.07) is 13.6. The molecule has 2 N–H and O–H groups in total. The normalized spacial score (nSPS) is 18.3. The van der Waals surface area contributed by atoms with E-state index in [1.807, 2.05) is 6.07 Å². The average molecular weight is 394 g/mol. The number of hydrogen-bond donors (Lipinski definition) is 2. The number of halogens is 1. The lowest BCUT2D eigenvalue weighted by Gasteiger charge is -2.22. The van der Waals surface area contributed by atoms with Crippen LogP contribution in [0.1, 0.15) is 23.6 Å². The van der Waals surface area contributed by atoms with Crippen LogP contribution in [0, 0.1) is 17.1 Å². The molecule has 1 saturated heterocycles. The summed E-state index contributed by atoms with van der Waals surface area (Å²) in [5.41, 5.74) is 0.509. The van der Waals surface area contributed by atoms with Crippen LogP contribution in [0.15, 0.2) is 48.5 Å². The standard InChI is InChI=1S/C21H19FN4O3/c1-21(16-6-2-15(12-23)3-7-16)19(28)26(20(29)25-21)13-18(27)24-11-10-14-4-8-17(22)9-5-14/h2-9H,10-11,13H2,1H3,(H,24,27)(H,25,29). The van der Waals surface area contributed by atoms with Crippen molar-refractivity contribution in [2.75, 3.05) is 13.1 Å². The highest BCUT2D eigenvalue weighted by atomic mass is 19.1. The summed E-state index contributed by atoms with van der Waals surface area (Å²) in [6.45, 7) is 1.45. The molecule has 2 aromatic carbocycles. The minimum Gasteiger partial charge on any atom is -0.354 e. The maximum atomic E-state index is 12.9. The van der Waals surface area contributed by atoms with E-state index in [1.165, 1.54) is 12.1 Å². The zero-order chi connectivity index (χ0) is 21.0. The lowest BCUT2D eigenvalue weighted by atomic mass is 9.91. The van der Waals surface area contributed by atoms with Gasteiger partial charge in [-0.05, 0) is 48.7 Å². The van der Waals surface area contributed by atoms with Gasteiger partial charge in [-0.1, -0.05) is 24.3 Å². The highest BCUT2D eigenvalue weighted by Crippen LogP contribution is 2.28. The van der Waals surface area contributed by atoms with Gasteiger partial charge in [-0.15, -0.1) is 0 Å². The lowest BCUT2D eigenvalue weighted by molar-refractivity contribution is -0.134. The van der Waals surface area contributed by atoms with Crippen LogP contribution in [0.2, 0.25) is 0 Å². The minimum atomic E-state index is -1.31. The molecule has 29 heavy (non-hydrogen) atoms. The van der Waals surface area contributed by atoms with E-state index in [2.05, 4.69) is 10.6 Å². The van der Waals surface area contributed by atoms with Crippen molar-refractivity contribution in [3.05, 3.63) is 71.0 Å². The number of imide groups is 1. The van der Waals surface area contributed by atoms with E-state index in [0.29, 0.717) is 24.1 Å². The SMILES string of the molecule is CC1(c2ccc(C#N)cc2)NC(=O)N(CC(=O)NCCc2ccc(F)cc2)C1=O. The monoisotopic (exact) mass is 394 g/mol. The Bertz CT molecular complexity index is 982. The van der Waals surface area contributed by atoms with Gasteiger partial charge in [0.05, 0.1) is 11.6 Å². The van der Waals surface area contributed by atoms with Crippen molar-refractivity contribution in [1.29, 1.82) is 5.26 Å². The van der Waals surface area contributed by atoms with Crippen molar-refractivity contribution in [2.45, 2.75) is 18.9 Å². The largest absolute Gasteiger partial charge is 0.354 e. The number of carbonyl (C=O) groups excluding carboxylic acids is 3. The molecular weight excluding hydrogens is 375 g/mol. The zero-order valence-electron chi connectivity index (χ0n) is 15.7. The van der Waals surface area contributed by atoms with Crippen LogP contribution in [0.4, 0.5) is 9.18 Å². The van der Waals surface area contributed by atoms with Crippen molar-refractivity contribution in [3.8, 4) is 6.07 Å². The number of benzene rings is 2. The molecule has 0 spiro atoms. The first-order chi connectivity index (χ1) is 13.8. The summed E-state index contributed by atoms with van der Waals surface area (Å²) in [5, 5.41) is 14.2. The van der Waals surface area contributed by atoms with Crippen molar-refractivity contribution in [1.82, 2.24) is 15.5 Å². The van der Waals surface area contributed by atoms with E-state index in [0.717, 1.165) is 10.5 Å². The van der Waals surface area contributed by atoms with Gasteiger partial charge >= 0.3 is 6.03 Å². The zero-order valence-corrected chi connectivity index (χ0v) is 15.7. The number of nitrogens with one attached hydrogen (secondary N) is 2. The molecule has 1 unspecified atom stereocenters. The van der Waals surface area contributed by atoms with Gasteiger partial charge in [0.2, 0.25) is 5.91 Å². The summed E-state index contributed by atoms with van der Waals surface area (Å²) in [5.74, 6) is -1.35. The number of amides is 4. The van der Waals surface area contributed by atoms with Gasteiger partial charge in [0.15, 0.2) is 0 Å². The van der Waals surface area contributed by atoms with Gasteiger partial charge in [0.1, 0.15) is 17.9 Å². The van der Waals surface area contributed by atoms with Crippen molar-refractivity contribution >= 4 is 17.8 Å². The fraction of sp³-hybridized carbons (Fsp3) is 0.238. The van der Waals surface area contributed by atoms with Gasteiger partial charge < -0.3 is 10.6 Å². The number of rotatable bonds is 6. The van der Waals surface area contributed by atoms with Crippen LogP contribution in [0.5, 0.6) is 0 Å². The molecule has 8 heteroatoms. The molecular formula is C21H19FN4O3. The van der Waals surface area contributed by atoms with E-state index in [1.54, 1.807) is 43.3 Å². The molecule has 0 bridgehead atoms. The fourth-order valence-corrected chi connectivity index (χ4v) is 3.11. The Morgan fingerprint density at radius 2 is 1.83 bits per heavy atom. The number of carbonyl (C=O) groups is 3. The molecule has 0 aromatic heterocycles. The predicted molar refractivity (Wildman–Crippen MR) is 102 cm³/mol. The van der Waals surface area contributed by atoms with E-state index in [4.69, 9.17) is 5.26 Å². The van der Waals surface area contributed by atoms with Gasteiger partial charge in [0, 0.05) is 6.54 Å². The van der Waals surface area contributed by atoms with Gasteiger partial charge in [-0.25, -0.2) is 9.18 Å². The fourth-order valence-electron chi connectivity index (χ4n) is 3.11. The molecule has 0 aliphatic carbocycles. The maximum absolute atomic E-state index is 12.9. The molecule has 1 aliphatic rings. The minimum absolute atomic E-state index is 0.293. The molecule has 1 atom stereocenters. The molecule has 0 saturated carbocycles. The molecule has 1 aliphatic heterocycles. The Morgan fingerprint density at radius 3 is 2.45 bits per heavy atom. The van der Waals surface area contributed by atoms with Crippen LogP contribution in [-0.2, 0) is 21.5 Å². The number of nitrogens with zero attached hydrogens (tertiary/aromatic N) is 2. The van der Waals surface area contributed by atoms with Crippen LogP contribution < -0.4 is 10.6 Å². The van der Waals surface area contributed by atoms with E-state index in [-0.39, 0.29) is 5.82 Å². The van der Waals surface area contributed by atoms with E-state index < -0.39 is 29.9 Å². The summed E-state index contributed by atoms with van der Waals surface area (Å²) < 4.78 is 12.9. The Morgan fingerprint density at radius 1 is 1.17 bits per heavy atom. The highest BCUT2D eigenvalue weighted by Gasteiger charge is 2.49. The Labute approximate surface area is 167 Å². The Balaban J connectivity index is 1.59. The number of urea groups is 1. The third-order valence-corrected chi connectivity index (χ3v) is 4.82. The Kier molecular flexibility index (Phi) is 5.59. The van der Waals surface area contributed by atoms with Crippen molar-refractivity contribution in [2.24, 2.45) is 0 Å². The van der Waals surface area contributed by atoms with Crippen molar-refractivity contribution in [3.63, 3.8) is 0 Å². The van der Waals surface area contributed by atoms with Gasteiger partial charge in [0.25, 0.3) is 5.91 Å². The molecule has 7 nitrogen and oxygen atoms in total. The predicted octanol–water partition coefficient (Wildman–Crippen LogP) is 1.82. The molecule has 2 aromatic rings. The summed E-state index contributed by atoms with van der Waals surface area (Å²) >= 11 is 0. The second-order valence-corrected chi connectivity index (χ2v) is 6.86. The average Bonchev–Trinajstić information content (AvgIpc) is 2.93. The quantitative estimate of drug-likeness (QED) is 0.730. The molecule has 1 fully saturated rings. The molecule has 148 valence electrons. The molecule has 1 heterocycles. The Hall–Kier alpha value is -3.73. The number of hydrogen-bond acceptors (Lipinski definition) is 4. The van der Waals surface area contributed by atoms with Crippen LogP contribution in [0.25, 0.3) is 0 Å². The topological polar surface area (TPSA) is 102 Å². The van der Waals surface area contributed by atoms with Gasteiger partial charge in [-0.2, -0.15) is 5.26 Å². The molecule has 3 rings (SSSR count). The first kappa shape index (κ1) is 20.0. The van der Waals surface area contributed by atoms with Gasteiger partial charge in [-0.3, -0.25) is 14.5 Å². The van der Waals surface area contributed by atoms with E-state index in [9.17, 15) is 18.8 Å². The van der Waals surface area contributed by atoms with Crippen LogP contribution in [-0.4, -0.2) is 35.8 Å². The number of nitriles is 1. The highest BCUT2D eigenvalue weighted by molar-refractivity contribution is 6.09. The summed E-state index contributed by atoms with van der Waals surface area (Å²) in [4.78, 5) is 38.2. The third kappa shape index (κ3) is 4.24. The first-order valence-electron chi connectivity index (χ1n) is 8.99. The molecule has 0 radical (unpaired) electrons. The van der Waals surface area contributed by atoms with Crippen LogP contribution >= 0.6 is 0 Å². The van der Waals surface area contributed by atoms with Crippen molar-refractivity contribution < 1.29 is 18.8 Å². The second kappa shape index (κ2) is 8.10. The van der Waals surface area contributed by atoms with Crippen LogP contribution in [0.3, 0.4) is 0 Å². The second-order valence-electron chi connectivity index (χ2n) is 6.86. The summed E-state index contributed by atoms with van der Waals surface area (Å²) in [6.07, 6.45) is 0.495. The maximum Gasteiger partial charge on any atom is 0.325 e. The smallest absolute Gasteiger partial charge is 0.325 e. The van der Waals surface area contributed by atoms with E-state index >= 15 is 0 Å². The lowest BCUT2D eigenvalue weighted by Crippen LogP contribution is -2.43. The summed E-state index contributed by atoms with van der Waals surface area (Å²) in [7, 11) is 0. The third-order valence-electron chi connectivity index (χ3n) is 4.82.